The summed E-state index contributed by atoms with van der Waals surface area (Å²) in [6.07, 6.45) is -2.41. The topological polar surface area (TPSA) is 55.8 Å². The molecular weight excluding hydrogens is 363 g/mol. The number of rotatable bonds is 7. The number of aryl methyl sites for hydroxylation is 1. The van der Waals surface area contributed by atoms with Crippen LogP contribution in [0.2, 0.25) is 0 Å². The fourth-order valence-electron chi connectivity index (χ4n) is 3.14. The molecule has 2 rings (SSSR count). The second-order valence-corrected chi connectivity index (χ2v) is 6.45. The number of esters is 1. The second-order valence-electron chi connectivity index (χ2n) is 6.45. The fourth-order valence-corrected chi connectivity index (χ4v) is 3.14. The van der Waals surface area contributed by atoms with Crippen LogP contribution in [0.5, 0.6) is 0 Å². The van der Waals surface area contributed by atoms with E-state index in [2.05, 4.69) is 4.74 Å². The van der Waals surface area contributed by atoms with Crippen molar-refractivity contribution >= 4 is 17.7 Å². The van der Waals surface area contributed by atoms with Gasteiger partial charge in [-0.25, -0.2) is 4.79 Å². The number of hydrogen-bond acceptors (Lipinski definition) is 4. The lowest BCUT2D eigenvalue weighted by Gasteiger charge is -2.37. The van der Waals surface area contributed by atoms with E-state index in [9.17, 15) is 22.8 Å². The Morgan fingerprint density at radius 3 is 2.56 bits per heavy atom. The van der Waals surface area contributed by atoms with Gasteiger partial charge < -0.3 is 9.47 Å². The summed E-state index contributed by atoms with van der Waals surface area (Å²) < 4.78 is 49.8. The van der Waals surface area contributed by atoms with Crippen molar-refractivity contribution in [2.24, 2.45) is 0 Å². The van der Waals surface area contributed by atoms with Crippen LogP contribution in [0.4, 0.5) is 23.7 Å². The van der Waals surface area contributed by atoms with Gasteiger partial charge in [-0.3, -0.25) is 9.69 Å². The largest absolute Gasteiger partial charge is 0.469 e. The molecule has 150 valence electrons. The summed E-state index contributed by atoms with van der Waals surface area (Å²) in [6.45, 7) is 0.0420. The zero-order valence-corrected chi connectivity index (χ0v) is 15.3. The van der Waals surface area contributed by atoms with Crippen LogP contribution in [0.1, 0.15) is 44.1 Å². The first-order valence-corrected chi connectivity index (χ1v) is 9.02. The lowest BCUT2D eigenvalue weighted by atomic mass is 9.96. The Morgan fingerprint density at radius 1 is 1.15 bits per heavy atom. The third-order valence-corrected chi connectivity index (χ3v) is 4.55. The average Bonchev–Trinajstić information content (AvgIpc) is 2.65. The normalized spacial score (nSPS) is 16.6. The number of amides is 1. The number of anilines is 1. The maximum Gasteiger partial charge on any atom is 0.414 e. The highest BCUT2D eigenvalue weighted by Gasteiger charge is 2.48. The number of hydrogen-bond donors (Lipinski definition) is 0. The maximum atomic E-state index is 13.4. The molecule has 0 radical (unpaired) electrons. The second kappa shape index (κ2) is 9.62. The molecule has 0 saturated carbocycles. The molecule has 0 aromatic heterocycles. The molecule has 0 N–H and O–H groups in total. The van der Waals surface area contributed by atoms with Crippen molar-refractivity contribution in [1.29, 1.82) is 0 Å². The lowest BCUT2D eigenvalue weighted by molar-refractivity contribution is -0.150. The minimum Gasteiger partial charge on any atom is -0.469 e. The standard InChI is InChI=1S/C19H24F3NO4/c1-26-17(24)10-4-2-3-7-13-27-18(25)23-15-9-6-5-8-14(15)11-12-16(23)19(20,21)22/h5-6,8-9,16H,2-4,7,10-13H2,1H3. The molecule has 0 spiro atoms. The highest BCUT2D eigenvalue weighted by Crippen LogP contribution is 2.38. The van der Waals surface area contributed by atoms with E-state index in [1.54, 1.807) is 18.2 Å². The summed E-state index contributed by atoms with van der Waals surface area (Å²) in [5, 5.41) is 0. The number of para-hydroxylation sites is 1. The van der Waals surface area contributed by atoms with E-state index >= 15 is 0 Å². The molecule has 1 aliphatic rings. The zero-order valence-electron chi connectivity index (χ0n) is 15.3. The van der Waals surface area contributed by atoms with E-state index in [1.165, 1.54) is 13.2 Å². The predicted molar refractivity (Wildman–Crippen MR) is 93.5 cm³/mol. The summed E-state index contributed by atoms with van der Waals surface area (Å²) in [5.74, 6) is -0.275. The molecule has 1 heterocycles. The first kappa shape index (κ1) is 21.1. The van der Waals surface area contributed by atoms with Gasteiger partial charge in [0.05, 0.1) is 19.4 Å². The molecule has 0 fully saturated rings. The fraction of sp³-hybridized carbons (Fsp3) is 0.579. The first-order chi connectivity index (χ1) is 12.8. The van der Waals surface area contributed by atoms with Crippen LogP contribution < -0.4 is 4.90 Å². The van der Waals surface area contributed by atoms with E-state index in [0.29, 0.717) is 31.2 Å². The van der Waals surface area contributed by atoms with Crippen molar-refractivity contribution in [3.8, 4) is 0 Å². The molecule has 27 heavy (non-hydrogen) atoms. The third kappa shape index (κ3) is 5.87. The van der Waals surface area contributed by atoms with Gasteiger partial charge in [-0.15, -0.1) is 0 Å². The quantitative estimate of drug-likeness (QED) is 0.506. The van der Waals surface area contributed by atoms with Crippen molar-refractivity contribution in [3.05, 3.63) is 29.8 Å². The number of halogens is 3. The van der Waals surface area contributed by atoms with Crippen molar-refractivity contribution in [3.63, 3.8) is 0 Å². The van der Waals surface area contributed by atoms with Crippen LogP contribution in [0.25, 0.3) is 0 Å². The molecule has 1 aromatic rings. The Morgan fingerprint density at radius 2 is 1.85 bits per heavy atom. The Bertz CT molecular complexity index is 648. The summed E-state index contributed by atoms with van der Waals surface area (Å²) in [6, 6.07) is 4.72. The minimum atomic E-state index is -4.51. The van der Waals surface area contributed by atoms with Crippen molar-refractivity contribution in [2.75, 3.05) is 18.6 Å². The van der Waals surface area contributed by atoms with Gasteiger partial charge in [-0.2, -0.15) is 13.2 Å². The Balaban J connectivity index is 1.88. The molecule has 1 aliphatic heterocycles. The number of methoxy groups -OCH3 is 1. The van der Waals surface area contributed by atoms with Crippen molar-refractivity contribution < 1.29 is 32.2 Å². The van der Waals surface area contributed by atoms with Gasteiger partial charge in [0.25, 0.3) is 0 Å². The summed E-state index contributed by atoms with van der Waals surface area (Å²) in [4.78, 5) is 24.1. The van der Waals surface area contributed by atoms with E-state index in [1.807, 2.05) is 0 Å². The molecule has 0 bridgehead atoms. The zero-order chi connectivity index (χ0) is 19.9. The van der Waals surface area contributed by atoms with Crippen LogP contribution in [0.15, 0.2) is 24.3 Å². The molecule has 1 atom stereocenters. The smallest absolute Gasteiger partial charge is 0.414 e. The molecule has 1 amide bonds. The van der Waals surface area contributed by atoms with E-state index < -0.39 is 18.3 Å². The number of ether oxygens (including phenoxy) is 2. The van der Waals surface area contributed by atoms with E-state index in [4.69, 9.17) is 4.74 Å². The van der Waals surface area contributed by atoms with Crippen molar-refractivity contribution in [2.45, 2.75) is 57.2 Å². The summed E-state index contributed by atoms with van der Waals surface area (Å²) >= 11 is 0. The lowest BCUT2D eigenvalue weighted by Crippen LogP contribution is -2.51. The highest BCUT2D eigenvalue weighted by atomic mass is 19.4. The van der Waals surface area contributed by atoms with Crippen LogP contribution in [-0.2, 0) is 20.7 Å². The molecule has 1 unspecified atom stereocenters. The minimum absolute atomic E-state index is 0.0420. The number of fused-ring (bicyclic) bond motifs is 1. The third-order valence-electron chi connectivity index (χ3n) is 4.55. The molecular formula is C19H24F3NO4. The number of alkyl halides is 3. The number of benzene rings is 1. The van der Waals surface area contributed by atoms with Gasteiger partial charge in [-0.1, -0.05) is 31.0 Å². The van der Waals surface area contributed by atoms with E-state index in [0.717, 1.165) is 11.3 Å². The first-order valence-electron chi connectivity index (χ1n) is 9.02. The van der Waals surface area contributed by atoms with Gasteiger partial charge >= 0.3 is 18.2 Å². The molecule has 5 nitrogen and oxygen atoms in total. The molecule has 1 aromatic carbocycles. The van der Waals surface area contributed by atoms with E-state index in [-0.39, 0.29) is 31.1 Å². The SMILES string of the molecule is COC(=O)CCCCCCOC(=O)N1c2ccccc2CCC1C(F)(F)F. The summed E-state index contributed by atoms with van der Waals surface area (Å²) in [7, 11) is 1.33. The Hall–Kier alpha value is -2.25. The Labute approximate surface area is 156 Å². The van der Waals surface area contributed by atoms with Crippen molar-refractivity contribution in [1.82, 2.24) is 0 Å². The number of unbranched alkanes of at least 4 members (excludes halogenated alkanes) is 3. The van der Waals surface area contributed by atoms with Crippen LogP contribution in [0.3, 0.4) is 0 Å². The van der Waals surface area contributed by atoms with Crippen LogP contribution in [-0.4, -0.2) is 38.0 Å². The number of carbonyl (C=O) groups is 2. The van der Waals surface area contributed by atoms with Crippen LogP contribution in [0, 0.1) is 0 Å². The van der Waals surface area contributed by atoms with Gasteiger partial charge in [-0.05, 0) is 37.3 Å². The molecule has 0 aliphatic carbocycles. The number of nitrogens with zero attached hydrogens (tertiary/aromatic N) is 1. The Kier molecular flexibility index (Phi) is 7.50. The van der Waals surface area contributed by atoms with Gasteiger partial charge in [0.2, 0.25) is 0 Å². The maximum absolute atomic E-state index is 13.4. The van der Waals surface area contributed by atoms with Gasteiger partial charge in [0, 0.05) is 6.42 Å². The summed E-state index contributed by atoms with van der Waals surface area (Å²) in [5.41, 5.74) is 0.965. The van der Waals surface area contributed by atoms with Gasteiger partial charge in [0.1, 0.15) is 6.04 Å². The molecule has 0 saturated heterocycles. The average molecular weight is 387 g/mol. The van der Waals surface area contributed by atoms with Crippen LogP contribution >= 0.6 is 0 Å². The number of carbonyl (C=O) groups excluding carboxylic acids is 2. The monoisotopic (exact) mass is 387 g/mol. The van der Waals surface area contributed by atoms with Gasteiger partial charge in [0.15, 0.2) is 0 Å². The predicted octanol–water partition coefficient (Wildman–Crippen LogP) is 4.63. The molecule has 8 heteroatoms. The highest BCUT2D eigenvalue weighted by molar-refractivity contribution is 5.90.